The summed E-state index contributed by atoms with van der Waals surface area (Å²) in [5.41, 5.74) is 2.46. The molecule has 84 valence electrons. The summed E-state index contributed by atoms with van der Waals surface area (Å²) in [7, 11) is 3.89. The molecule has 0 amide bonds. The molecule has 0 spiro atoms. The molecule has 0 saturated heterocycles. The van der Waals surface area contributed by atoms with Gasteiger partial charge in [-0.05, 0) is 12.1 Å². The van der Waals surface area contributed by atoms with E-state index in [0.29, 0.717) is 5.69 Å². The number of pyridine rings is 1. The lowest BCUT2D eigenvalue weighted by atomic mass is 10.2. The molecule has 0 aliphatic carbocycles. The molecule has 0 saturated carbocycles. The number of aromatic nitrogens is 2. The Kier molecular flexibility index (Phi) is 2.52. The van der Waals surface area contributed by atoms with Gasteiger partial charge in [0.2, 0.25) is 0 Å². The van der Waals surface area contributed by atoms with Crippen molar-refractivity contribution in [1.82, 2.24) is 9.38 Å². The maximum Gasteiger partial charge on any atom is 0.309 e. The zero-order chi connectivity index (χ0) is 11.7. The van der Waals surface area contributed by atoms with E-state index in [1.807, 2.05) is 41.7 Å². The average molecular weight is 219 g/mol. The molecule has 2 aromatic rings. The molecule has 2 rings (SSSR count). The molecule has 0 aliphatic heterocycles. The molecule has 0 aromatic carbocycles. The second-order valence-corrected chi connectivity index (χ2v) is 3.83. The number of carbonyl (C=O) groups is 1. The Morgan fingerprint density at radius 2 is 2.31 bits per heavy atom. The van der Waals surface area contributed by atoms with E-state index in [1.54, 1.807) is 6.33 Å². The van der Waals surface area contributed by atoms with Crippen LogP contribution >= 0.6 is 0 Å². The normalized spacial score (nSPS) is 10.6. The molecule has 0 bridgehead atoms. The lowest BCUT2D eigenvalue weighted by molar-refractivity contribution is -0.136. The smallest absolute Gasteiger partial charge is 0.309 e. The van der Waals surface area contributed by atoms with Crippen LogP contribution in [0.4, 0.5) is 5.69 Å². The van der Waals surface area contributed by atoms with Gasteiger partial charge in [0.25, 0.3) is 0 Å². The zero-order valence-electron chi connectivity index (χ0n) is 9.21. The van der Waals surface area contributed by atoms with Crippen molar-refractivity contribution < 1.29 is 9.90 Å². The fraction of sp³-hybridized carbons (Fsp3) is 0.273. The number of hydrogen-bond donors (Lipinski definition) is 1. The van der Waals surface area contributed by atoms with E-state index in [0.717, 1.165) is 11.2 Å². The number of rotatable bonds is 3. The van der Waals surface area contributed by atoms with E-state index < -0.39 is 5.97 Å². The van der Waals surface area contributed by atoms with Gasteiger partial charge < -0.3 is 14.4 Å². The van der Waals surface area contributed by atoms with E-state index in [2.05, 4.69) is 4.98 Å². The number of imidazole rings is 1. The molecule has 5 nitrogen and oxygen atoms in total. The van der Waals surface area contributed by atoms with Gasteiger partial charge in [0.05, 0.1) is 24.0 Å². The van der Waals surface area contributed by atoms with Crippen molar-refractivity contribution in [2.75, 3.05) is 19.0 Å². The fourth-order valence-electron chi connectivity index (χ4n) is 1.59. The second-order valence-electron chi connectivity index (χ2n) is 3.83. The fourth-order valence-corrected chi connectivity index (χ4v) is 1.59. The predicted octanol–water partition coefficient (Wildman–Crippen LogP) is 1.03. The Balaban J connectivity index is 2.51. The molecule has 2 aromatic heterocycles. The summed E-state index contributed by atoms with van der Waals surface area (Å²) in [5.74, 6) is -0.865. The topological polar surface area (TPSA) is 57.8 Å². The number of hydrogen-bond acceptors (Lipinski definition) is 3. The summed E-state index contributed by atoms with van der Waals surface area (Å²) in [6, 6.07) is 3.89. The molecular formula is C11H13N3O2. The lowest BCUT2D eigenvalue weighted by Crippen LogP contribution is -2.09. The number of aliphatic carboxylic acids is 1. The molecule has 16 heavy (non-hydrogen) atoms. The second kappa shape index (κ2) is 3.84. The van der Waals surface area contributed by atoms with Gasteiger partial charge >= 0.3 is 5.97 Å². The third kappa shape index (κ3) is 1.84. The minimum Gasteiger partial charge on any atom is -0.481 e. The molecule has 1 N–H and O–H groups in total. The Bertz CT molecular complexity index is 531. The summed E-state index contributed by atoms with van der Waals surface area (Å²) in [5, 5.41) is 8.76. The summed E-state index contributed by atoms with van der Waals surface area (Å²) >= 11 is 0. The highest BCUT2D eigenvalue weighted by Gasteiger charge is 2.09. The van der Waals surface area contributed by atoms with Gasteiger partial charge in [-0.3, -0.25) is 4.79 Å². The van der Waals surface area contributed by atoms with Crippen LogP contribution in [0.1, 0.15) is 5.69 Å². The Hall–Kier alpha value is -2.04. The first-order chi connectivity index (χ1) is 7.58. The third-order valence-electron chi connectivity index (χ3n) is 2.44. The van der Waals surface area contributed by atoms with Crippen LogP contribution in [0.25, 0.3) is 5.52 Å². The summed E-state index contributed by atoms with van der Waals surface area (Å²) in [4.78, 5) is 16.7. The van der Waals surface area contributed by atoms with E-state index in [9.17, 15) is 4.79 Å². The largest absolute Gasteiger partial charge is 0.481 e. The molecule has 0 radical (unpaired) electrons. The van der Waals surface area contributed by atoms with Crippen molar-refractivity contribution in [3.63, 3.8) is 0 Å². The molecule has 5 heteroatoms. The SMILES string of the molecule is CN(C)c1ccn2cnc(CC(=O)O)c2c1. The highest BCUT2D eigenvalue weighted by atomic mass is 16.4. The van der Waals surface area contributed by atoms with Gasteiger partial charge in [-0.15, -0.1) is 0 Å². The van der Waals surface area contributed by atoms with E-state index in [-0.39, 0.29) is 6.42 Å². The monoisotopic (exact) mass is 219 g/mol. The summed E-state index contributed by atoms with van der Waals surface area (Å²) in [6.45, 7) is 0. The predicted molar refractivity (Wildman–Crippen MR) is 60.9 cm³/mol. The Morgan fingerprint density at radius 3 is 2.94 bits per heavy atom. The van der Waals surface area contributed by atoms with E-state index >= 15 is 0 Å². The maximum absolute atomic E-state index is 10.7. The van der Waals surface area contributed by atoms with Crippen molar-refractivity contribution in [3.05, 3.63) is 30.4 Å². The molecule has 0 unspecified atom stereocenters. The molecule has 0 aliphatic rings. The van der Waals surface area contributed by atoms with Gasteiger partial charge in [-0.2, -0.15) is 0 Å². The highest BCUT2D eigenvalue weighted by molar-refractivity contribution is 5.74. The van der Waals surface area contributed by atoms with Crippen LogP contribution in [0.5, 0.6) is 0 Å². The molecular weight excluding hydrogens is 206 g/mol. The summed E-state index contributed by atoms with van der Waals surface area (Å²) in [6.07, 6.45) is 3.46. The summed E-state index contributed by atoms with van der Waals surface area (Å²) < 4.78 is 1.82. The van der Waals surface area contributed by atoms with Gasteiger partial charge in [0.1, 0.15) is 0 Å². The highest BCUT2D eigenvalue weighted by Crippen LogP contribution is 2.17. The molecule has 0 atom stereocenters. The van der Waals surface area contributed by atoms with Crippen LogP contribution in [-0.4, -0.2) is 34.6 Å². The van der Waals surface area contributed by atoms with Crippen molar-refractivity contribution in [1.29, 1.82) is 0 Å². The minimum absolute atomic E-state index is 0.0482. The average Bonchev–Trinajstić information content (AvgIpc) is 2.60. The van der Waals surface area contributed by atoms with Crippen LogP contribution in [0, 0.1) is 0 Å². The number of anilines is 1. The van der Waals surface area contributed by atoms with Crippen LogP contribution in [0.3, 0.4) is 0 Å². The number of nitrogens with zero attached hydrogens (tertiary/aromatic N) is 3. The first kappa shape index (κ1) is 10.5. The number of carboxylic acid groups (broad SMARTS) is 1. The number of fused-ring (bicyclic) bond motifs is 1. The minimum atomic E-state index is -0.865. The van der Waals surface area contributed by atoms with Crippen LogP contribution in [-0.2, 0) is 11.2 Å². The van der Waals surface area contributed by atoms with Crippen molar-refractivity contribution in [3.8, 4) is 0 Å². The first-order valence-electron chi connectivity index (χ1n) is 4.92. The van der Waals surface area contributed by atoms with Crippen molar-refractivity contribution in [2.24, 2.45) is 0 Å². The van der Waals surface area contributed by atoms with Gasteiger partial charge in [-0.25, -0.2) is 4.98 Å². The third-order valence-corrected chi connectivity index (χ3v) is 2.44. The first-order valence-corrected chi connectivity index (χ1v) is 4.92. The van der Waals surface area contributed by atoms with Crippen LogP contribution in [0.15, 0.2) is 24.7 Å². The Labute approximate surface area is 92.9 Å². The zero-order valence-corrected chi connectivity index (χ0v) is 9.21. The van der Waals surface area contributed by atoms with E-state index in [4.69, 9.17) is 5.11 Å². The van der Waals surface area contributed by atoms with Gasteiger partial charge in [0, 0.05) is 26.0 Å². The van der Waals surface area contributed by atoms with Gasteiger partial charge in [0.15, 0.2) is 0 Å². The Morgan fingerprint density at radius 1 is 1.56 bits per heavy atom. The van der Waals surface area contributed by atoms with Gasteiger partial charge in [-0.1, -0.05) is 0 Å². The lowest BCUT2D eigenvalue weighted by Gasteiger charge is -2.12. The van der Waals surface area contributed by atoms with E-state index in [1.165, 1.54) is 0 Å². The molecule has 2 heterocycles. The standard InChI is InChI=1S/C11H13N3O2/c1-13(2)8-3-4-14-7-12-9(6-11(15)16)10(14)5-8/h3-5,7H,6H2,1-2H3,(H,15,16). The van der Waals surface area contributed by atoms with Crippen molar-refractivity contribution in [2.45, 2.75) is 6.42 Å². The quantitative estimate of drug-likeness (QED) is 0.837. The maximum atomic E-state index is 10.7. The van der Waals surface area contributed by atoms with Crippen LogP contribution in [0.2, 0.25) is 0 Å². The van der Waals surface area contributed by atoms with Crippen LogP contribution < -0.4 is 4.90 Å². The van der Waals surface area contributed by atoms with Crippen molar-refractivity contribution >= 4 is 17.2 Å². The number of carboxylic acids is 1. The molecule has 0 fully saturated rings.